The minimum atomic E-state index is -0.830. The minimum Gasteiger partial charge on any atom is -0.491 e. The third-order valence-corrected chi connectivity index (χ3v) is 10.5. The molecule has 54 heavy (non-hydrogen) atoms. The Balaban J connectivity index is 1.11. The molecule has 0 radical (unpaired) electrons. The largest absolute Gasteiger partial charge is 0.491 e. The summed E-state index contributed by atoms with van der Waals surface area (Å²) in [6.07, 6.45) is 1.70. The monoisotopic (exact) mass is 722 g/mol. The van der Waals surface area contributed by atoms with Gasteiger partial charge in [-0.05, 0) is 64.9 Å². The Morgan fingerprint density at radius 1 is 0.778 bits per heavy atom. The summed E-state index contributed by atoms with van der Waals surface area (Å²) < 4.78 is 6.23. The number of rotatable bonds is 8. The van der Waals surface area contributed by atoms with Crippen LogP contribution < -0.4 is 15.4 Å². The number of carbonyl (C=O) groups is 4. The van der Waals surface area contributed by atoms with Gasteiger partial charge in [-0.2, -0.15) is 0 Å². The molecule has 4 amide bonds. The van der Waals surface area contributed by atoms with E-state index < -0.39 is 6.04 Å². The highest BCUT2D eigenvalue weighted by molar-refractivity contribution is 5.94. The van der Waals surface area contributed by atoms with Crippen LogP contribution in [0.25, 0.3) is 10.8 Å². The number of nitrogens with one attached hydrogen (secondary N) is 2. The van der Waals surface area contributed by atoms with Crippen LogP contribution in [0.2, 0.25) is 0 Å². The molecule has 3 atom stereocenters. The number of carbonyl (C=O) groups excluding carboxylic acids is 4. The van der Waals surface area contributed by atoms with Crippen molar-refractivity contribution in [3.8, 4) is 5.75 Å². The average molecular weight is 723 g/mol. The summed E-state index contributed by atoms with van der Waals surface area (Å²) >= 11 is 0. The van der Waals surface area contributed by atoms with Crippen LogP contribution >= 0.6 is 0 Å². The quantitative estimate of drug-likeness (QED) is 0.201. The van der Waals surface area contributed by atoms with Crippen molar-refractivity contribution >= 4 is 34.4 Å². The van der Waals surface area contributed by atoms with Crippen molar-refractivity contribution in [2.75, 3.05) is 26.7 Å². The van der Waals surface area contributed by atoms with Crippen molar-refractivity contribution in [3.05, 3.63) is 150 Å². The van der Waals surface area contributed by atoms with Crippen LogP contribution in [0.1, 0.15) is 58.6 Å². The SMILES string of the molecule is CN1CCC[C@H](NC(=O)CC(c2ccccc2)c2ccccc2)C(=O)N2C[C@@H](NC(=O)Cc3ccc4ccccc4c3)C[C@H]2COc2cccc(c2)C1=O. The smallest absolute Gasteiger partial charge is 0.253 e. The lowest BCUT2D eigenvalue weighted by Crippen LogP contribution is -2.52. The van der Waals surface area contributed by atoms with E-state index in [2.05, 4.69) is 10.6 Å². The number of amides is 4. The van der Waals surface area contributed by atoms with Crippen molar-refractivity contribution in [2.45, 2.75) is 56.1 Å². The molecule has 2 heterocycles. The first-order chi connectivity index (χ1) is 26.3. The van der Waals surface area contributed by atoms with Crippen molar-refractivity contribution in [1.82, 2.24) is 20.4 Å². The van der Waals surface area contributed by atoms with E-state index >= 15 is 0 Å². The van der Waals surface area contributed by atoms with Gasteiger partial charge >= 0.3 is 0 Å². The topological polar surface area (TPSA) is 108 Å². The number of hydrogen-bond donors (Lipinski definition) is 2. The zero-order valence-electron chi connectivity index (χ0n) is 30.5. The first-order valence-corrected chi connectivity index (χ1v) is 18.8. The Kier molecular flexibility index (Phi) is 11.3. The molecule has 276 valence electrons. The zero-order valence-corrected chi connectivity index (χ0v) is 30.5. The van der Waals surface area contributed by atoms with Crippen LogP contribution in [0.3, 0.4) is 0 Å². The summed E-state index contributed by atoms with van der Waals surface area (Å²) in [5.74, 6) is -0.399. The second-order valence-corrected chi connectivity index (χ2v) is 14.4. The molecule has 2 N–H and O–H groups in total. The van der Waals surface area contributed by atoms with E-state index in [4.69, 9.17) is 4.74 Å². The lowest BCUT2D eigenvalue weighted by Gasteiger charge is -2.30. The van der Waals surface area contributed by atoms with Gasteiger partial charge in [-0.1, -0.05) is 109 Å². The van der Waals surface area contributed by atoms with E-state index in [1.165, 1.54) is 0 Å². The van der Waals surface area contributed by atoms with Crippen molar-refractivity contribution < 1.29 is 23.9 Å². The molecule has 0 saturated carbocycles. The van der Waals surface area contributed by atoms with Crippen LogP contribution in [-0.4, -0.2) is 78.3 Å². The van der Waals surface area contributed by atoms with Crippen molar-refractivity contribution in [1.29, 1.82) is 0 Å². The predicted molar refractivity (Wildman–Crippen MR) is 209 cm³/mol. The lowest BCUT2D eigenvalue weighted by atomic mass is 9.88. The van der Waals surface area contributed by atoms with Crippen LogP contribution in [0.5, 0.6) is 5.75 Å². The van der Waals surface area contributed by atoms with Gasteiger partial charge < -0.3 is 25.2 Å². The first kappa shape index (κ1) is 36.4. The molecule has 0 aromatic heterocycles. The fraction of sp³-hybridized carbons (Fsp3) is 0.289. The van der Waals surface area contributed by atoms with E-state index in [0.29, 0.717) is 37.1 Å². The Labute approximate surface area is 316 Å². The van der Waals surface area contributed by atoms with Gasteiger partial charge in [0.1, 0.15) is 18.4 Å². The van der Waals surface area contributed by atoms with Gasteiger partial charge in [0, 0.05) is 44.1 Å². The molecule has 2 aliphatic rings. The highest BCUT2D eigenvalue weighted by Gasteiger charge is 2.40. The van der Waals surface area contributed by atoms with E-state index in [-0.39, 0.29) is 67.6 Å². The van der Waals surface area contributed by atoms with Crippen molar-refractivity contribution in [3.63, 3.8) is 0 Å². The Bertz CT molecular complexity index is 2070. The van der Waals surface area contributed by atoms with Crippen LogP contribution in [-0.2, 0) is 20.8 Å². The molecule has 0 spiro atoms. The molecule has 7 rings (SSSR count). The second-order valence-electron chi connectivity index (χ2n) is 14.4. The molecule has 0 aliphatic carbocycles. The first-order valence-electron chi connectivity index (χ1n) is 18.8. The summed E-state index contributed by atoms with van der Waals surface area (Å²) in [6.45, 7) is 0.857. The summed E-state index contributed by atoms with van der Waals surface area (Å²) in [5.41, 5.74) is 3.45. The maximum atomic E-state index is 14.6. The minimum absolute atomic E-state index is 0.123. The maximum absolute atomic E-state index is 14.6. The maximum Gasteiger partial charge on any atom is 0.253 e. The van der Waals surface area contributed by atoms with E-state index in [0.717, 1.165) is 27.5 Å². The molecule has 9 nitrogen and oxygen atoms in total. The summed E-state index contributed by atoms with van der Waals surface area (Å²) in [4.78, 5) is 58.6. The number of ether oxygens (including phenoxy) is 1. The Hall–Kier alpha value is -5.96. The fourth-order valence-corrected chi connectivity index (χ4v) is 7.72. The van der Waals surface area contributed by atoms with Gasteiger partial charge in [-0.25, -0.2) is 0 Å². The summed E-state index contributed by atoms with van der Waals surface area (Å²) in [6, 6.07) is 39.5. The standard InChI is InChI=1S/C45H46N4O5/c1-48-23-11-20-41(47-43(51)28-40(33-13-4-2-5-14-33)34-15-6-3-7-16-34)45(53)49-29-37(27-38(49)30-54-39-19-10-18-36(26-39)44(48)52)46-42(50)25-31-21-22-32-12-8-9-17-35(32)24-31/h2-10,12-19,21-22,24,26,37-38,40-41H,11,20,23,25,27-30H2,1H3,(H,46,50)(H,47,51)/t37-,38-,41-/m0/s1. The zero-order chi connectivity index (χ0) is 37.4. The molecule has 5 aromatic rings. The number of hydrogen-bond acceptors (Lipinski definition) is 5. The van der Waals surface area contributed by atoms with Crippen LogP contribution in [0, 0.1) is 0 Å². The lowest BCUT2D eigenvalue weighted by molar-refractivity contribution is -0.138. The molecule has 2 aliphatic heterocycles. The predicted octanol–water partition coefficient (Wildman–Crippen LogP) is 6.12. The molecule has 0 unspecified atom stereocenters. The van der Waals surface area contributed by atoms with Crippen molar-refractivity contribution in [2.24, 2.45) is 0 Å². The van der Waals surface area contributed by atoms with Gasteiger partial charge in [0.15, 0.2) is 0 Å². The van der Waals surface area contributed by atoms with Gasteiger partial charge in [0.05, 0.1) is 12.5 Å². The summed E-state index contributed by atoms with van der Waals surface area (Å²) in [7, 11) is 1.74. The molecule has 5 aromatic carbocycles. The molecule has 1 saturated heterocycles. The normalized spacial score (nSPS) is 19.2. The number of benzene rings is 5. The molecular formula is C45H46N4O5. The number of fused-ring (bicyclic) bond motifs is 4. The van der Waals surface area contributed by atoms with Crippen LogP contribution in [0.4, 0.5) is 0 Å². The number of nitrogens with zero attached hydrogens (tertiary/aromatic N) is 2. The van der Waals surface area contributed by atoms with Gasteiger partial charge in [-0.3, -0.25) is 19.2 Å². The molecule has 9 heteroatoms. The van der Waals surface area contributed by atoms with Gasteiger partial charge in [0.25, 0.3) is 5.91 Å². The third kappa shape index (κ3) is 8.80. The van der Waals surface area contributed by atoms with Crippen LogP contribution in [0.15, 0.2) is 127 Å². The van der Waals surface area contributed by atoms with E-state index in [1.54, 1.807) is 41.1 Å². The highest BCUT2D eigenvalue weighted by atomic mass is 16.5. The Morgan fingerprint density at radius 2 is 1.48 bits per heavy atom. The van der Waals surface area contributed by atoms with E-state index in [9.17, 15) is 19.2 Å². The molecule has 1 fully saturated rings. The summed E-state index contributed by atoms with van der Waals surface area (Å²) in [5, 5.41) is 8.47. The third-order valence-electron chi connectivity index (χ3n) is 10.5. The average Bonchev–Trinajstić information content (AvgIpc) is 3.60. The molecular weight excluding hydrogens is 677 g/mol. The molecule has 2 bridgehead atoms. The highest BCUT2D eigenvalue weighted by Crippen LogP contribution is 2.29. The van der Waals surface area contributed by atoms with E-state index in [1.807, 2.05) is 103 Å². The second kappa shape index (κ2) is 16.8. The fourth-order valence-electron chi connectivity index (χ4n) is 7.72. The van der Waals surface area contributed by atoms with Gasteiger partial charge in [0.2, 0.25) is 17.7 Å². The van der Waals surface area contributed by atoms with Gasteiger partial charge in [-0.15, -0.1) is 0 Å². The Morgan fingerprint density at radius 3 is 2.22 bits per heavy atom.